The lowest BCUT2D eigenvalue weighted by Gasteiger charge is -2.37. The SMILES string of the molecule is Cc1cc(C(N)=O)cc2c1C[C@@H](C(=O)N1Cc3ccccc3C[C@H]1c1ncc(-c3ccccc3)[nH]1)N2. The number of H-pyrrole nitrogens is 1. The van der Waals surface area contributed by atoms with E-state index in [1.54, 1.807) is 12.1 Å². The maximum atomic E-state index is 14.0. The fourth-order valence-corrected chi connectivity index (χ4v) is 5.42. The van der Waals surface area contributed by atoms with Crippen LogP contribution in [-0.2, 0) is 24.2 Å². The van der Waals surface area contributed by atoms with E-state index in [0.717, 1.165) is 39.5 Å². The number of nitrogens with one attached hydrogen (secondary N) is 2. The van der Waals surface area contributed by atoms with Gasteiger partial charge in [0.05, 0.1) is 17.9 Å². The molecule has 3 aromatic carbocycles. The van der Waals surface area contributed by atoms with Crippen LogP contribution in [0.3, 0.4) is 0 Å². The Labute approximate surface area is 209 Å². The maximum absolute atomic E-state index is 14.0. The number of rotatable bonds is 4. The largest absolute Gasteiger partial charge is 0.373 e. The van der Waals surface area contributed by atoms with Crippen molar-refractivity contribution < 1.29 is 9.59 Å². The second kappa shape index (κ2) is 8.68. The van der Waals surface area contributed by atoms with E-state index in [1.165, 1.54) is 5.56 Å². The third-order valence-corrected chi connectivity index (χ3v) is 7.32. The zero-order valence-corrected chi connectivity index (χ0v) is 20.0. The number of carbonyl (C=O) groups excluding carboxylic acids is 2. The van der Waals surface area contributed by atoms with Crippen molar-refractivity contribution in [2.45, 2.75) is 38.4 Å². The van der Waals surface area contributed by atoms with E-state index in [9.17, 15) is 9.59 Å². The molecule has 4 N–H and O–H groups in total. The normalized spacial score (nSPS) is 18.3. The molecule has 0 saturated heterocycles. The summed E-state index contributed by atoms with van der Waals surface area (Å²) in [4.78, 5) is 35.9. The van der Waals surface area contributed by atoms with E-state index in [0.29, 0.717) is 24.9 Å². The Hall–Kier alpha value is -4.39. The van der Waals surface area contributed by atoms with Gasteiger partial charge >= 0.3 is 0 Å². The number of fused-ring (bicyclic) bond motifs is 2. The lowest BCUT2D eigenvalue weighted by atomic mass is 9.92. The molecule has 0 bridgehead atoms. The van der Waals surface area contributed by atoms with Crippen molar-refractivity contribution in [1.29, 1.82) is 0 Å². The van der Waals surface area contributed by atoms with Crippen molar-refractivity contribution >= 4 is 17.5 Å². The van der Waals surface area contributed by atoms with Gasteiger partial charge in [0.1, 0.15) is 11.9 Å². The predicted octanol–water partition coefficient (Wildman–Crippen LogP) is 4.15. The molecule has 0 aliphatic carbocycles. The highest BCUT2D eigenvalue weighted by Gasteiger charge is 2.38. The Morgan fingerprint density at radius 2 is 1.75 bits per heavy atom. The number of amides is 2. The van der Waals surface area contributed by atoms with Crippen molar-refractivity contribution in [3.8, 4) is 11.3 Å². The van der Waals surface area contributed by atoms with Gasteiger partial charge in [0, 0.05) is 30.6 Å². The molecule has 4 aromatic rings. The average Bonchev–Trinajstić information content (AvgIpc) is 3.56. The molecular weight excluding hydrogens is 450 g/mol. The number of hydrogen-bond acceptors (Lipinski definition) is 4. The van der Waals surface area contributed by atoms with E-state index in [4.69, 9.17) is 10.7 Å². The summed E-state index contributed by atoms with van der Waals surface area (Å²) in [5.74, 6) is 0.319. The third-order valence-electron chi connectivity index (χ3n) is 7.32. The molecule has 180 valence electrons. The molecule has 6 rings (SSSR count). The molecule has 7 nitrogen and oxygen atoms in total. The van der Waals surface area contributed by atoms with E-state index in [1.807, 2.05) is 60.5 Å². The van der Waals surface area contributed by atoms with Gasteiger partial charge in [0.2, 0.25) is 11.8 Å². The van der Waals surface area contributed by atoms with E-state index >= 15 is 0 Å². The molecule has 0 radical (unpaired) electrons. The number of nitrogens with two attached hydrogens (primary N) is 1. The van der Waals surface area contributed by atoms with Gasteiger partial charge in [-0.2, -0.15) is 0 Å². The summed E-state index contributed by atoms with van der Waals surface area (Å²) in [6.45, 7) is 2.47. The molecule has 3 heterocycles. The Kier molecular flexibility index (Phi) is 5.33. The highest BCUT2D eigenvalue weighted by atomic mass is 16.2. The summed E-state index contributed by atoms with van der Waals surface area (Å²) in [7, 11) is 0. The van der Waals surface area contributed by atoms with Gasteiger partial charge in [-0.15, -0.1) is 0 Å². The van der Waals surface area contributed by atoms with Crippen molar-refractivity contribution in [3.63, 3.8) is 0 Å². The minimum atomic E-state index is -0.475. The fraction of sp³-hybridized carbons (Fsp3) is 0.207. The number of benzene rings is 3. The highest BCUT2D eigenvalue weighted by Crippen LogP contribution is 2.36. The van der Waals surface area contributed by atoms with Crippen LogP contribution in [0.5, 0.6) is 0 Å². The number of imidazole rings is 1. The van der Waals surface area contributed by atoms with Crippen LogP contribution in [0, 0.1) is 6.92 Å². The molecule has 0 fully saturated rings. The second-order valence-corrected chi connectivity index (χ2v) is 9.59. The van der Waals surface area contributed by atoms with Crippen LogP contribution in [0.25, 0.3) is 11.3 Å². The topological polar surface area (TPSA) is 104 Å². The molecule has 2 aliphatic heterocycles. The quantitative estimate of drug-likeness (QED) is 0.411. The predicted molar refractivity (Wildman–Crippen MR) is 138 cm³/mol. The number of nitrogens with zero attached hydrogens (tertiary/aromatic N) is 2. The molecule has 0 spiro atoms. The third kappa shape index (κ3) is 3.82. The van der Waals surface area contributed by atoms with Gasteiger partial charge in [-0.3, -0.25) is 9.59 Å². The Morgan fingerprint density at radius 1 is 1.00 bits per heavy atom. The monoisotopic (exact) mass is 477 g/mol. The zero-order chi connectivity index (χ0) is 24.8. The minimum absolute atomic E-state index is 0.0170. The minimum Gasteiger partial charge on any atom is -0.373 e. The maximum Gasteiger partial charge on any atom is 0.248 e. The highest BCUT2D eigenvalue weighted by molar-refractivity contribution is 5.96. The lowest BCUT2D eigenvalue weighted by molar-refractivity contribution is -0.135. The molecule has 1 aromatic heterocycles. The van der Waals surface area contributed by atoms with Gasteiger partial charge in [0.15, 0.2) is 0 Å². The van der Waals surface area contributed by atoms with E-state index in [2.05, 4.69) is 22.4 Å². The number of aryl methyl sites for hydroxylation is 1. The molecular formula is C29H27N5O2. The summed E-state index contributed by atoms with van der Waals surface area (Å²) < 4.78 is 0. The Bertz CT molecular complexity index is 1480. The van der Waals surface area contributed by atoms with E-state index in [-0.39, 0.29) is 11.9 Å². The van der Waals surface area contributed by atoms with Crippen LogP contribution in [-0.4, -0.2) is 32.7 Å². The number of aromatic nitrogens is 2. The van der Waals surface area contributed by atoms with Crippen molar-refractivity contribution in [3.05, 3.63) is 107 Å². The zero-order valence-electron chi connectivity index (χ0n) is 20.0. The molecule has 36 heavy (non-hydrogen) atoms. The summed E-state index contributed by atoms with van der Waals surface area (Å²) in [5.41, 5.74) is 13.1. The van der Waals surface area contributed by atoms with Crippen LogP contribution in [0.1, 0.15) is 44.5 Å². The first kappa shape index (κ1) is 22.1. The molecule has 2 aliphatic rings. The molecule has 0 saturated carbocycles. The Morgan fingerprint density at radius 3 is 2.53 bits per heavy atom. The lowest BCUT2D eigenvalue weighted by Crippen LogP contribution is -2.46. The van der Waals surface area contributed by atoms with Gasteiger partial charge in [0.25, 0.3) is 0 Å². The van der Waals surface area contributed by atoms with Gasteiger partial charge in [-0.25, -0.2) is 4.98 Å². The number of carbonyl (C=O) groups is 2. The molecule has 2 amide bonds. The summed E-state index contributed by atoms with van der Waals surface area (Å²) in [6, 6.07) is 21.2. The summed E-state index contributed by atoms with van der Waals surface area (Å²) >= 11 is 0. The van der Waals surface area contributed by atoms with Crippen molar-refractivity contribution in [1.82, 2.24) is 14.9 Å². The van der Waals surface area contributed by atoms with Crippen LogP contribution >= 0.6 is 0 Å². The average molecular weight is 478 g/mol. The van der Waals surface area contributed by atoms with Gasteiger partial charge in [-0.05, 0) is 46.9 Å². The van der Waals surface area contributed by atoms with Crippen LogP contribution in [0.15, 0.2) is 72.9 Å². The Balaban J connectivity index is 1.33. The number of anilines is 1. The standard InChI is InChI=1S/C29H27N5O2/c1-17-11-21(27(30)35)12-23-22(17)14-24(32-23)29(36)34-16-20-10-6-5-9-19(20)13-26(34)28-31-15-25(33-28)18-7-3-2-4-8-18/h2-12,15,24,26,32H,13-14,16H2,1H3,(H2,30,35)(H,31,33)/t24-,26-/m0/s1. The van der Waals surface area contributed by atoms with Crippen LogP contribution in [0.4, 0.5) is 5.69 Å². The number of aromatic amines is 1. The first-order chi connectivity index (χ1) is 17.5. The first-order valence-electron chi connectivity index (χ1n) is 12.2. The number of hydrogen-bond donors (Lipinski definition) is 3. The second-order valence-electron chi connectivity index (χ2n) is 9.59. The molecule has 7 heteroatoms. The fourth-order valence-electron chi connectivity index (χ4n) is 5.42. The van der Waals surface area contributed by atoms with E-state index < -0.39 is 11.9 Å². The smallest absolute Gasteiger partial charge is 0.248 e. The first-order valence-corrected chi connectivity index (χ1v) is 12.2. The van der Waals surface area contributed by atoms with Gasteiger partial charge < -0.3 is 20.9 Å². The van der Waals surface area contributed by atoms with Crippen molar-refractivity contribution in [2.24, 2.45) is 5.73 Å². The van der Waals surface area contributed by atoms with Crippen molar-refractivity contribution in [2.75, 3.05) is 5.32 Å². The van der Waals surface area contributed by atoms with Crippen LogP contribution < -0.4 is 11.1 Å². The number of primary amides is 1. The van der Waals surface area contributed by atoms with Crippen LogP contribution in [0.2, 0.25) is 0 Å². The summed E-state index contributed by atoms with van der Waals surface area (Å²) in [6.07, 6.45) is 3.09. The molecule has 2 atom stereocenters. The summed E-state index contributed by atoms with van der Waals surface area (Å²) in [5, 5.41) is 3.37. The van der Waals surface area contributed by atoms with Gasteiger partial charge in [-0.1, -0.05) is 54.6 Å². The molecule has 0 unspecified atom stereocenters.